The van der Waals surface area contributed by atoms with Gasteiger partial charge in [-0.3, -0.25) is 9.59 Å². The van der Waals surface area contributed by atoms with Crippen LogP contribution < -0.4 is 5.73 Å². The number of nitrogens with two attached hydrogens (primary N) is 1. The summed E-state index contributed by atoms with van der Waals surface area (Å²) >= 11 is 1.32. The van der Waals surface area contributed by atoms with Crippen LogP contribution in [0.15, 0.2) is 60.7 Å². The van der Waals surface area contributed by atoms with E-state index >= 15 is 0 Å². The zero-order chi connectivity index (χ0) is 17.8. The molecule has 1 aromatic heterocycles. The molecular formula is C19H17N3O2S. The van der Waals surface area contributed by atoms with E-state index in [0.29, 0.717) is 10.6 Å². The van der Waals surface area contributed by atoms with Gasteiger partial charge >= 0.3 is 0 Å². The minimum absolute atomic E-state index is 0.133. The number of hydrogen-bond donors (Lipinski definition) is 1. The van der Waals surface area contributed by atoms with Crippen LogP contribution in [0.25, 0.3) is 21.8 Å². The molecule has 0 fully saturated rings. The molecule has 0 saturated heterocycles. The molecule has 2 aromatic carbocycles. The van der Waals surface area contributed by atoms with Gasteiger partial charge < -0.3 is 10.6 Å². The van der Waals surface area contributed by atoms with E-state index in [1.807, 2.05) is 60.7 Å². The van der Waals surface area contributed by atoms with Gasteiger partial charge in [0.05, 0.1) is 12.2 Å². The van der Waals surface area contributed by atoms with Crippen molar-refractivity contribution in [2.75, 3.05) is 13.6 Å². The zero-order valence-electron chi connectivity index (χ0n) is 13.7. The van der Waals surface area contributed by atoms with Crippen molar-refractivity contribution in [3.63, 3.8) is 0 Å². The zero-order valence-corrected chi connectivity index (χ0v) is 14.5. The summed E-state index contributed by atoms with van der Waals surface area (Å²) in [6, 6.07) is 19.2. The number of likely N-dealkylation sites (N-methyl/N-ethyl adjacent to an activating group) is 1. The average molecular weight is 351 g/mol. The highest BCUT2D eigenvalue weighted by Crippen LogP contribution is 2.34. The van der Waals surface area contributed by atoms with E-state index < -0.39 is 5.91 Å². The summed E-state index contributed by atoms with van der Waals surface area (Å²) in [4.78, 5) is 30.4. The van der Waals surface area contributed by atoms with Gasteiger partial charge in [-0.1, -0.05) is 60.7 Å². The molecule has 0 bridgehead atoms. The molecule has 0 aliphatic carbocycles. The van der Waals surface area contributed by atoms with Gasteiger partial charge in [0.15, 0.2) is 0 Å². The Bertz CT molecular complexity index is 892. The Hall–Kier alpha value is -2.99. The van der Waals surface area contributed by atoms with Crippen LogP contribution in [0, 0.1) is 0 Å². The lowest BCUT2D eigenvalue weighted by atomic mass is 10.1. The number of nitrogens with zero attached hydrogens (tertiary/aromatic N) is 2. The highest BCUT2D eigenvalue weighted by molar-refractivity contribution is 7.17. The second kappa shape index (κ2) is 7.27. The van der Waals surface area contributed by atoms with E-state index in [1.165, 1.54) is 16.2 Å². The van der Waals surface area contributed by atoms with Crippen molar-refractivity contribution in [3.05, 3.63) is 65.5 Å². The fourth-order valence-electron chi connectivity index (χ4n) is 2.44. The minimum atomic E-state index is -0.551. The molecule has 25 heavy (non-hydrogen) atoms. The van der Waals surface area contributed by atoms with Gasteiger partial charge in [-0.05, 0) is 0 Å². The minimum Gasteiger partial charge on any atom is -0.368 e. The molecule has 0 unspecified atom stereocenters. The Morgan fingerprint density at radius 1 is 1.00 bits per heavy atom. The maximum Gasteiger partial charge on any atom is 0.266 e. The summed E-state index contributed by atoms with van der Waals surface area (Å²) in [7, 11) is 1.56. The maximum atomic E-state index is 12.8. The number of hydrogen-bond acceptors (Lipinski definition) is 4. The van der Waals surface area contributed by atoms with Crippen molar-refractivity contribution in [1.29, 1.82) is 0 Å². The van der Waals surface area contributed by atoms with Crippen LogP contribution in [0.5, 0.6) is 0 Å². The summed E-state index contributed by atoms with van der Waals surface area (Å²) in [6.45, 7) is -0.133. The van der Waals surface area contributed by atoms with Crippen LogP contribution in [0.2, 0.25) is 0 Å². The number of carbonyl (C=O) groups is 2. The Morgan fingerprint density at radius 3 is 2.12 bits per heavy atom. The average Bonchev–Trinajstić information content (AvgIpc) is 3.07. The fourth-order valence-corrected chi connectivity index (χ4v) is 3.53. The van der Waals surface area contributed by atoms with Crippen LogP contribution in [-0.4, -0.2) is 35.3 Å². The molecule has 0 saturated carbocycles. The molecule has 0 spiro atoms. The monoisotopic (exact) mass is 351 g/mol. The van der Waals surface area contributed by atoms with E-state index in [2.05, 4.69) is 4.98 Å². The van der Waals surface area contributed by atoms with Crippen LogP contribution >= 0.6 is 11.3 Å². The van der Waals surface area contributed by atoms with E-state index in [1.54, 1.807) is 7.05 Å². The molecule has 0 aliphatic rings. The first kappa shape index (κ1) is 16.9. The standard InChI is InChI=1S/C19H17N3O2S/c1-22(12-15(20)23)19(24)17-16(13-8-4-2-5-9-13)21-18(25-17)14-10-6-3-7-11-14/h2-11H,12H2,1H3,(H2,20,23). The van der Waals surface area contributed by atoms with Gasteiger partial charge in [0.1, 0.15) is 9.88 Å². The third kappa shape index (κ3) is 3.75. The summed E-state index contributed by atoms with van der Waals surface area (Å²) < 4.78 is 0. The highest BCUT2D eigenvalue weighted by atomic mass is 32.1. The third-order valence-electron chi connectivity index (χ3n) is 3.63. The Morgan fingerprint density at radius 2 is 1.56 bits per heavy atom. The summed E-state index contributed by atoms with van der Waals surface area (Å²) in [5, 5.41) is 0.760. The predicted octanol–water partition coefficient (Wildman–Crippen LogP) is 3.03. The van der Waals surface area contributed by atoms with Crippen molar-refractivity contribution in [2.24, 2.45) is 5.73 Å². The molecule has 3 aromatic rings. The van der Waals surface area contributed by atoms with Crippen LogP contribution in [-0.2, 0) is 4.79 Å². The van der Waals surface area contributed by atoms with E-state index in [9.17, 15) is 9.59 Å². The van der Waals surface area contributed by atoms with E-state index in [-0.39, 0.29) is 12.5 Å². The number of primary amides is 1. The Kier molecular flexibility index (Phi) is 4.90. The summed E-state index contributed by atoms with van der Waals surface area (Å²) in [5.74, 6) is -0.817. The topological polar surface area (TPSA) is 76.3 Å². The third-order valence-corrected chi connectivity index (χ3v) is 4.72. The lowest BCUT2D eigenvalue weighted by Gasteiger charge is -2.14. The van der Waals surface area contributed by atoms with Crippen LogP contribution in [0.3, 0.4) is 0 Å². The summed E-state index contributed by atoms with van der Waals surface area (Å²) in [5.41, 5.74) is 7.63. The smallest absolute Gasteiger partial charge is 0.266 e. The van der Waals surface area contributed by atoms with E-state index in [0.717, 1.165) is 16.1 Å². The molecule has 1 heterocycles. The molecule has 126 valence electrons. The van der Waals surface area contributed by atoms with Crippen LogP contribution in [0.1, 0.15) is 9.67 Å². The Labute approximate surface area is 149 Å². The summed E-state index contributed by atoms with van der Waals surface area (Å²) in [6.07, 6.45) is 0. The molecule has 0 aliphatic heterocycles. The SMILES string of the molecule is CN(CC(N)=O)C(=O)c1sc(-c2ccccc2)nc1-c1ccccc1. The normalized spacial score (nSPS) is 10.4. The fraction of sp³-hybridized carbons (Fsp3) is 0.105. The number of carbonyl (C=O) groups excluding carboxylic acids is 2. The highest BCUT2D eigenvalue weighted by Gasteiger charge is 2.23. The van der Waals surface area contributed by atoms with Gasteiger partial charge in [-0.2, -0.15) is 0 Å². The first-order chi connectivity index (χ1) is 12.1. The predicted molar refractivity (Wildman–Crippen MR) is 99.1 cm³/mol. The van der Waals surface area contributed by atoms with E-state index in [4.69, 9.17) is 5.73 Å². The molecule has 0 atom stereocenters. The largest absolute Gasteiger partial charge is 0.368 e. The number of aromatic nitrogens is 1. The first-order valence-corrected chi connectivity index (χ1v) is 8.53. The maximum absolute atomic E-state index is 12.8. The molecule has 2 amide bonds. The molecule has 2 N–H and O–H groups in total. The molecule has 0 radical (unpaired) electrons. The van der Waals surface area contributed by atoms with Crippen LogP contribution in [0.4, 0.5) is 0 Å². The first-order valence-electron chi connectivity index (χ1n) is 7.71. The van der Waals surface area contributed by atoms with Crippen molar-refractivity contribution in [1.82, 2.24) is 9.88 Å². The quantitative estimate of drug-likeness (QED) is 0.767. The van der Waals surface area contributed by atoms with Crippen molar-refractivity contribution < 1.29 is 9.59 Å². The number of amides is 2. The lowest BCUT2D eigenvalue weighted by Crippen LogP contribution is -2.35. The second-order valence-corrected chi connectivity index (χ2v) is 6.56. The van der Waals surface area contributed by atoms with Crippen molar-refractivity contribution >= 4 is 23.2 Å². The van der Waals surface area contributed by atoms with Gasteiger partial charge in [-0.15, -0.1) is 11.3 Å². The molecular weight excluding hydrogens is 334 g/mol. The lowest BCUT2D eigenvalue weighted by molar-refractivity contribution is -0.118. The molecule has 6 heteroatoms. The van der Waals surface area contributed by atoms with Gasteiger partial charge in [0.25, 0.3) is 5.91 Å². The molecule has 3 rings (SSSR count). The number of thiazole rings is 1. The van der Waals surface area contributed by atoms with Crippen molar-refractivity contribution in [2.45, 2.75) is 0 Å². The van der Waals surface area contributed by atoms with Gasteiger partial charge in [-0.25, -0.2) is 4.98 Å². The van der Waals surface area contributed by atoms with Gasteiger partial charge in [0, 0.05) is 18.2 Å². The Balaban J connectivity index is 2.08. The van der Waals surface area contributed by atoms with Gasteiger partial charge in [0.2, 0.25) is 5.91 Å². The number of rotatable bonds is 5. The van der Waals surface area contributed by atoms with Crippen molar-refractivity contribution in [3.8, 4) is 21.8 Å². The second-order valence-electron chi connectivity index (χ2n) is 5.56. The number of benzene rings is 2. The molecule has 5 nitrogen and oxygen atoms in total.